The lowest BCUT2D eigenvalue weighted by atomic mass is 9.95. The predicted octanol–water partition coefficient (Wildman–Crippen LogP) is 6.57. The maximum atomic E-state index is 14.0. The maximum absolute atomic E-state index is 14.0. The van der Waals surface area contributed by atoms with Gasteiger partial charge in [0, 0.05) is 0 Å². The minimum absolute atomic E-state index is 0.208. The van der Waals surface area contributed by atoms with Crippen LogP contribution in [0.15, 0.2) is 119 Å². The summed E-state index contributed by atoms with van der Waals surface area (Å²) in [6, 6.07) is 27.7. The first kappa shape index (κ1) is 30.0. The number of hydrogen-bond donors (Lipinski definition) is 0. The molecule has 2 heterocycles. The van der Waals surface area contributed by atoms with Crippen LogP contribution in [-0.2, 0) is 22.6 Å². The summed E-state index contributed by atoms with van der Waals surface area (Å²) in [4.78, 5) is 32.4. The third-order valence-corrected chi connectivity index (χ3v) is 8.90. The van der Waals surface area contributed by atoms with E-state index in [0.29, 0.717) is 33.6 Å². The zero-order chi connectivity index (χ0) is 31.5. The van der Waals surface area contributed by atoms with E-state index in [1.54, 1.807) is 18.4 Å². The molecule has 1 aliphatic heterocycles. The van der Waals surface area contributed by atoms with Crippen molar-refractivity contribution in [3.05, 3.63) is 156 Å². The van der Waals surface area contributed by atoms with Gasteiger partial charge in [-0.3, -0.25) is 9.36 Å². The lowest BCUT2D eigenvalue weighted by molar-refractivity contribution is -0.139. The van der Waals surface area contributed by atoms with E-state index in [2.05, 4.69) is 35.8 Å². The van der Waals surface area contributed by atoms with Crippen molar-refractivity contribution >= 4 is 34.2 Å². The fourth-order valence-corrected chi connectivity index (χ4v) is 6.77. The van der Waals surface area contributed by atoms with Gasteiger partial charge in [0.25, 0.3) is 5.56 Å². The Hall–Kier alpha value is -5.01. The van der Waals surface area contributed by atoms with Crippen molar-refractivity contribution in [2.75, 3.05) is 6.61 Å². The van der Waals surface area contributed by atoms with Gasteiger partial charge < -0.3 is 9.47 Å². The van der Waals surface area contributed by atoms with Crippen LogP contribution in [0, 0.1) is 6.92 Å². The van der Waals surface area contributed by atoms with Gasteiger partial charge in [0.05, 0.1) is 28.5 Å². The fraction of sp³-hybridized carbons (Fsp3) is 0.184. The van der Waals surface area contributed by atoms with Crippen molar-refractivity contribution in [1.82, 2.24) is 4.57 Å². The molecule has 0 saturated carbocycles. The van der Waals surface area contributed by atoms with E-state index >= 15 is 0 Å². The molecule has 0 N–H and O–H groups in total. The van der Waals surface area contributed by atoms with Crippen LogP contribution in [0.2, 0.25) is 0 Å². The molecule has 0 saturated heterocycles. The van der Waals surface area contributed by atoms with Crippen molar-refractivity contribution < 1.29 is 14.3 Å². The van der Waals surface area contributed by atoms with E-state index < -0.39 is 12.0 Å². The Morgan fingerprint density at radius 2 is 1.78 bits per heavy atom. The molecule has 7 heteroatoms. The number of esters is 1. The Labute approximate surface area is 265 Å². The van der Waals surface area contributed by atoms with Crippen LogP contribution in [0.3, 0.4) is 0 Å². The average molecular weight is 615 g/mol. The van der Waals surface area contributed by atoms with Gasteiger partial charge in [-0.15, -0.1) is 6.58 Å². The Kier molecular flexibility index (Phi) is 8.62. The number of aryl methyl sites for hydroxylation is 1. The molecule has 226 valence electrons. The number of benzene rings is 4. The summed E-state index contributed by atoms with van der Waals surface area (Å²) in [6.45, 7) is 10.2. The SMILES string of the molecule is C=CCc1cc(/C=c2/sc3n(c2=O)[C@H](c2ccc(C)cc2)C(C(=O)OCC)=C(C)N=3)ccc1OCc1cccc2ccccc12. The van der Waals surface area contributed by atoms with Crippen LogP contribution < -0.4 is 19.6 Å². The molecule has 1 aliphatic rings. The van der Waals surface area contributed by atoms with Gasteiger partial charge in [-0.2, -0.15) is 0 Å². The Morgan fingerprint density at radius 1 is 1.00 bits per heavy atom. The summed E-state index contributed by atoms with van der Waals surface area (Å²) < 4.78 is 13.9. The van der Waals surface area contributed by atoms with Gasteiger partial charge in [-0.25, -0.2) is 9.79 Å². The second kappa shape index (κ2) is 12.9. The zero-order valence-electron chi connectivity index (χ0n) is 25.6. The molecule has 0 radical (unpaired) electrons. The number of allylic oxidation sites excluding steroid dienone is 2. The second-order valence-electron chi connectivity index (χ2n) is 11.0. The van der Waals surface area contributed by atoms with Gasteiger partial charge in [0.1, 0.15) is 12.4 Å². The number of fused-ring (bicyclic) bond motifs is 2. The van der Waals surface area contributed by atoms with Crippen molar-refractivity contribution in [1.29, 1.82) is 0 Å². The van der Waals surface area contributed by atoms with Gasteiger partial charge in [-0.05, 0) is 78.4 Å². The molecule has 5 aromatic rings. The number of nitrogens with zero attached hydrogens (tertiary/aromatic N) is 2. The first-order valence-corrected chi connectivity index (χ1v) is 15.8. The van der Waals surface area contributed by atoms with Crippen molar-refractivity contribution in [2.45, 2.75) is 39.8 Å². The van der Waals surface area contributed by atoms with Crippen LogP contribution in [0.5, 0.6) is 5.75 Å². The van der Waals surface area contributed by atoms with Crippen molar-refractivity contribution in [3.63, 3.8) is 0 Å². The monoisotopic (exact) mass is 614 g/mol. The van der Waals surface area contributed by atoms with Gasteiger partial charge in [-0.1, -0.05) is 95.8 Å². The van der Waals surface area contributed by atoms with Gasteiger partial charge in [0.15, 0.2) is 4.80 Å². The standard InChI is InChI=1S/C38H34N2O4S/c1-5-10-29-21-26(17-20-32(29)44-23-30-13-9-12-27-11-7-8-14-31(27)30)22-33-36(41)40-35(28-18-15-24(3)16-19-28)34(37(42)43-6-2)25(4)39-38(40)45-33/h5,7-9,11-22,35H,1,6,10,23H2,2-4H3/b33-22+/t35-/m1/s1. The highest BCUT2D eigenvalue weighted by molar-refractivity contribution is 7.07. The number of thiazole rings is 1. The topological polar surface area (TPSA) is 69.9 Å². The Morgan fingerprint density at radius 3 is 2.56 bits per heavy atom. The van der Waals surface area contributed by atoms with Gasteiger partial charge >= 0.3 is 5.97 Å². The summed E-state index contributed by atoms with van der Waals surface area (Å²) in [5.41, 5.74) is 5.58. The number of carbonyl (C=O) groups excluding carboxylic acids is 1. The number of aromatic nitrogens is 1. The van der Waals surface area contributed by atoms with Crippen LogP contribution in [-0.4, -0.2) is 17.1 Å². The fourth-order valence-electron chi connectivity index (χ4n) is 5.73. The Bertz CT molecular complexity index is 2130. The highest BCUT2D eigenvalue weighted by atomic mass is 32.1. The molecule has 0 amide bonds. The number of rotatable bonds is 9. The van der Waals surface area contributed by atoms with Crippen molar-refractivity contribution in [3.8, 4) is 5.75 Å². The lowest BCUT2D eigenvalue weighted by Gasteiger charge is -2.24. The highest BCUT2D eigenvalue weighted by Gasteiger charge is 2.33. The van der Waals surface area contributed by atoms with Crippen molar-refractivity contribution in [2.24, 2.45) is 4.99 Å². The van der Waals surface area contributed by atoms with E-state index in [1.807, 2.05) is 79.7 Å². The molecule has 6 nitrogen and oxygen atoms in total. The molecule has 0 bridgehead atoms. The van der Waals surface area contributed by atoms with Gasteiger partial charge in [0.2, 0.25) is 0 Å². The minimum atomic E-state index is -0.635. The summed E-state index contributed by atoms with van der Waals surface area (Å²) in [7, 11) is 0. The van der Waals surface area contributed by atoms with E-state index in [-0.39, 0.29) is 12.2 Å². The molecule has 0 unspecified atom stereocenters. The number of ether oxygens (including phenoxy) is 2. The molecule has 45 heavy (non-hydrogen) atoms. The maximum Gasteiger partial charge on any atom is 0.338 e. The summed E-state index contributed by atoms with van der Waals surface area (Å²) >= 11 is 1.31. The molecule has 0 aliphatic carbocycles. The quantitative estimate of drug-likeness (QED) is 0.139. The predicted molar refractivity (Wildman–Crippen MR) is 180 cm³/mol. The smallest absolute Gasteiger partial charge is 0.338 e. The first-order chi connectivity index (χ1) is 21.9. The second-order valence-corrected chi connectivity index (χ2v) is 12.0. The molecular weight excluding hydrogens is 580 g/mol. The van der Waals surface area contributed by atoms with Crippen LogP contribution in [0.4, 0.5) is 0 Å². The lowest BCUT2D eigenvalue weighted by Crippen LogP contribution is -2.39. The third kappa shape index (κ3) is 6.04. The number of carbonyl (C=O) groups is 1. The minimum Gasteiger partial charge on any atom is -0.489 e. The highest BCUT2D eigenvalue weighted by Crippen LogP contribution is 2.31. The Balaban J connectivity index is 1.38. The molecular formula is C38H34N2O4S. The largest absolute Gasteiger partial charge is 0.489 e. The van der Waals surface area contributed by atoms with E-state index in [0.717, 1.165) is 33.6 Å². The normalized spacial score (nSPS) is 14.6. The van der Waals surface area contributed by atoms with Crippen LogP contribution in [0.25, 0.3) is 16.8 Å². The van der Waals surface area contributed by atoms with Crippen LogP contribution >= 0.6 is 11.3 Å². The summed E-state index contributed by atoms with van der Waals surface area (Å²) in [5, 5.41) is 2.35. The molecule has 6 rings (SSSR count). The average Bonchev–Trinajstić information content (AvgIpc) is 3.34. The molecule has 4 aromatic carbocycles. The first-order valence-electron chi connectivity index (χ1n) is 15.0. The summed E-state index contributed by atoms with van der Waals surface area (Å²) in [5.74, 6) is 0.308. The van der Waals surface area contributed by atoms with E-state index in [9.17, 15) is 9.59 Å². The summed E-state index contributed by atoms with van der Waals surface area (Å²) in [6.07, 6.45) is 4.34. The molecule has 0 spiro atoms. The van der Waals surface area contributed by atoms with Crippen LogP contribution in [0.1, 0.15) is 47.7 Å². The third-order valence-electron chi connectivity index (χ3n) is 7.92. The molecule has 1 atom stereocenters. The molecule has 1 aromatic heterocycles. The molecule has 0 fully saturated rings. The number of hydrogen-bond acceptors (Lipinski definition) is 6. The van der Waals surface area contributed by atoms with E-state index in [1.165, 1.54) is 22.1 Å². The van der Waals surface area contributed by atoms with E-state index in [4.69, 9.17) is 9.47 Å². The zero-order valence-corrected chi connectivity index (χ0v) is 26.4.